The van der Waals surface area contributed by atoms with E-state index < -0.39 is 0 Å². The van der Waals surface area contributed by atoms with Gasteiger partial charge in [0.05, 0.1) is 32.7 Å². The van der Waals surface area contributed by atoms with E-state index in [0.29, 0.717) is 0 Å². The van der Waals surface area contributed by atoms with Crippen LogP contribution in [0.1, 0.15) is 85.4 Å². The Labute approximate surface area is 301 Å². The Balaban J connectivity index is 0.000000243. The second-order valence-electron chi connectivity index (χ2n) is 14.1. The Morgan fingerprint density at radius 2 is 1.58 bits per heavy atom. The van der Waals surface area contributed by atoms with Crippen LogP contribution < -0.4 is 0 Å². The van der Waals surface area contributed by atoms with Crippen molar-refractivity contribution in [1.29, 1.82) is 0 Å². The number of hydrogen-bond acceptors (Lipinski definition) is 5. The number of aliphatic hydroxyl groups excluding tert-OH is 1. The van der Waals surface area contributed by atoms with Gasteiger partial charge in [-0.25, -0.2) is 0 Å². The predicted octanol–water partition coefficient (Wildman–Crippen LogP) is 11.6. The summed E-state index contributed by atoms with van der Waals surface area (Å²) in [5, 5.41) is 14.5. The summed E-state index contributed by atoms with van der Waals surface area (Å²) in [6.45, 7) is 17.0. The third-order valence-electron chi connectivity index (χ3n) is 9.52. The molecule has 1 radical (unpaired) electrons. The van der Waals surface area contributed by atoms with E-state index in [1.54, 1.807) is 0 Å². The number of nitrogens with zero attached hydrogens (tertiary/aromatic N) is 3. The summed E-state index contributed by atoms with van der Waals surface area (Å²) in [6.07, 6.45) is 7.78. The minimum Gasteiger partial charge on any atom is -0.512 e. The molecule has 0 aliphatic heterocycles. The first-order valence-corrected chi connectivity index (χ1v) is 17.9. The van der Waals surface area contributed by atoms with Crippen molar-refractivity contribution in [3.05, 3.63) is 77.8 Å². The van der Waals surface area contributed by atoms with Crippen LogP contribution in [0.2, 0.25) is 0 Å². The number of allylic oxidation sites excluding steroid dienone is 2. The van der Waals surface area contributed by atoms with E-state index in [-0.39, 0.29) is 48.9 Å². The smallest absolute Gasteiger partial charge is 0.162 e. The van der Waals surface area contributed by atoms with E-state index >= 15 is 0 Å². The quantitative estimate of drug-likeness (QED) is 0.0544. The second-order valence-corrected chi connectivity index (χ2v) is 15.1. The van der Waals surface area contributed by atoms with Gasteiger partial charge in [-0.05, 0) is 60.8 Å². The van der Waals surface area contributed by atoms with E-state index in [9.17, 15) is 9.90 Å². The summed E-state index contributed by atoms with van der Waals surface area (Å²) >= 11 is 1.88. The summed E-state index contributed by atoms with van der Waals surface area (Å²) in [4.78, 5) is 21.7. The molecule has 7 rings (SSSR count). The van der Waals surface area contributed by atoms with E-state index in [1.807, 2.05) is 52.2 Å². The van der Waals surface area contributed by atoms with Crippen LogP contribution in [0.3, 0.4) is 0 Å². The molecule has 0 aliphatic carbocycles. The summed E-state index contributed by atoms with van der Waals surface area (Å²) in [6, 6.07) is 19.0. The first-order valence-electron chi connectivity index (χ1n) is 17.1. The van der Waals surface area contributed by atoms with Crippen LogP contribution >= 0.6 is 11.3 Å². The van der Waals surface area contributed by atoms with Crippen molar-refractivity contribution in [3.8, 4) is 0 Å². The van der Waals surface area contributed by atoms with Crippen LogP contribution in [0, 0.1) is 30.2 Å². The molecule has 4 heterocycles. The largest absolute Gasteiger partial charge is 0.512 e. The first-order chi connectivity index (χ1) is 22.5. The number of carbonyl (C=O) groups is 1. The molecule has 48 heavy (non-hydrogen) atoms. The van der Waals surface area contributed by atoms with E-state index in [2.05, 4.69) is 73.7 Å². The Morgan fingerprint density at radius 1 is 0.917 bits per heavy atom. The molecule has 5 nitrogen and oxygen atoms in total. The van der Waals surface area contributed by atoms with Crippen molar-refractivity contribution in [1.82, 2.24) is 14.4 Å². The average Bonchev–Trinajstić information content (AvgIpc) is 3.36. The zero-order valence-corrected chi connectivity index (χ0v) is 32.5. The maximum Gasteiger partial charge on any atom is 0.162 e. The fourth-order valence-electron chi connectivity index (χ4n) is 7.06. The van der Waals surface area contributed by atoms with Crippen molar-refractivity contribution in [2.24, 2.45) is 17.3 Å². The van der Waals surface area contributed by atoms with Crippen molar-refractivity contribution in [3.63, 3.8) is 0 Å². The molecule has 0 saturated carbocycles. The molecule has 0 saturated heterocycles. The molecule has 4 aromatic heterocycles. The molecule has 253 valence electrons. The summed E-state index contributed by atoms with van der Waals surface area (Å²) in [5.41, 5.74) is 8.15. The Hall–Kier alpha value is -3.38. The topological polar surface area (TPSA) is 67.5 Å². The number of aliphatic hydroxyl groups is 1. The van der Waals surface area contributed by atoms with Crippen molar-refractivity contribution < 1.29 is 30.0 Å². The van der Waals surface area contributed by atoms with Crippen LogP contribution in [0.25, 0.3) is 58.5 Å². The Kier molecular flexibility index (Phi) is 10.6. The number of ketones is 1. The maximum atomic E-state index is 11.7. The Morgan fingerprint density at radius 3 is 2.25 bits per heavy atom. The van der Waals surface area contributed by atoms with Gasteiger partial charge in [-0.2, -0.15) is 0 Å². The van der Waals surface area contributed by atoms with E-state index in [1.165, 1.54) is 48.4 Å². The summed E-state index contributed by atoms with van der Waals surface area (Å²) in [5.74, 6) is 0.547. The molecule has 0 aliphatic rings. The minimum absolute atomic E-state index is 0. The number of hydrogen-bond donors (Lipinski definition) is 1. The SMILES string of the molecule is CCC(CC)C(=O)/C=C(\O)C(CC)CC.Cc1cnc2c3[c-]c4ccccc4c4sc5cccc6c(CC(C)(C)C)c(c2n1)n(c56)c34.[Ir]. The van der Waals surface area contributed by atoms with Gasteiger partial charge in [0, 0.05) is 60.6 Å². The van der Waals surface area contributed by atoms with Crippen molar-refractivity contribution in [2.75, 3.05) is 0 Å². The van der Waals surface area contributed by atoms with Crippen LogP contribution in [0.5, 0.6) is 0 Å². The van der Waals surface area contributed by atoms with Crippen molar-refractivity contribution in [2.45, 2.75) is 87.5 Å². The van der Waals surface area contributed by atoms with Crippen LogP contribution in [0.4, 0.5) is 0 Å². The van der Waals surface area contributed by atoms with E-state index in [4.69, 9.17) is 9.97 Å². The van der Waals surface area contributed by atoms with Gasteiger partial charge in [-0.15, -0.1) is 28.9 Å². The van der Waals surface area contributed by atoms with Gasteiger partial charge in [0.15, 0.2) is 5.78 Å². The molecular weight excluding hydrogens is 791 g/mol. The fraction of sp³-hybridized carbons (Fsp3) is 0.390. The van der Waals surface area contributed by atoms with Gasteiger partial charge >= 0.3 is 0 Å². The number of benzene rings is 3. The number of pyridine rings is 1. The molecule has 0 fully saturated rings. The molecular formula is C41H46IrN3O2S-. The number of para-hydroxylation sites is 1. The van der Waals surface area contributed by atoms with Gasteiger partial charge in [-0.1, -0.05) is 89.6 Å². The van der Waals surface area contributed by atoms with Gasteiger partial charge < -0.3 is 9.51 Å². The summed E-state index contributed by atoms with van der Waals surface area (Å²) < 4.78 is 5.08. The number of carbonyl (C=O) groups excluding carboxylic acids is 1. The Bertz CT molecular complexity index is 2270. The van der Waals surface area contributed by atoms with Crippen LogP contribution in [-0.4, -0.2) is 25.3 Å². The number of rotatable bonds is 8. The van der Waals surface area contributed by atoms with Crippen LogP contribution in [0.15, 0.2) is 60.5 Å². The summed E-state index contributed by atoms with van der Waals surface area (Å²) in [7, 11) is 0. The molecule has 0 unspecified atom stereocenters. The second kappa shape index (κ2) is 14.2. The molecule has 7 aromatic rings. The minimum atomic E-state index is 0. The molecule has 0 atom stereocenters. The zero-order valence-electron chi connectivity index (χ0n) is 29.3. The predicted molar refractivity (Wildman–Crippen MR) is 200 cm³/mol. The van der Waals surface area contributed by atoms with Crippen molar-refractivity contribution >= 4 is 75.6 Å². The molecule has 1 N–H and O–H groups in total. The molecule has 3 aromatic carbocycles. The molecule has 7 heteroatoms. The van der Waals surface area contributed by atoms with Gasteiger partial charge in [0.25, 0.3) is 0 Å². The average molecular weight is 837 g/mol. The van der Waals surface area contributed by atoms with Gasteiger partial charge in [0.1, 0.15) is 0 Å². The van der Waals surface area contributed by atoms with Gasteiger partial charge in [0.2, 0.25) is 0 Å². The number of aryl methyl sites for hydroxylation is 1. The zero-order chi connectivity index (χ0) is 33.6. The third kappa shape index (κ3) is 6.37. The fourth-order valence-corrected chi connectivity index (χ4v) is 8.31. The number of aromatic nitrogens is 3. The monoisotopic (exact) mass is 837 g/mol. The van der Waals surface area contributed by atoms with Crippen LogP contribution in [-0.2, 0) is 31.3 Å². The molecule has 0 spiro atoms. The van der Waals surface area contributed by atoms with E-state index in [0.717, 1.165) is 59.6 Å². The third-order valence-corrected chi connectivity index (χ3v) is 10.7. The molecule has 0 bridgehead atoms. The normalized spacial score (nSPS) is 12.7. The first kappa shape index (κ1) is 35.9. The number of fused-ring (bicyclic) bond motifs is 5. The van der Waals surface area contributed by atoms with Gasteiger partial charge in [-0.3, -0.25) is 14.8 Å². The molecule has 0 amide bonds. The maximum absolute atomic E-state index is 11.7. The standard InChI is InChI=1S/C28H22N3S.C13H24O2.Ir/c1-15-14-29-22-19-12-16-8-5-6-9-17(16)27-26(19)31-24-18(10-7-11-21(24)32-27)20(13-28(2,3)4)25(31)23(22)30-15;1-5-10(6-2)12(14)9-13(15)11(7-3)8-4;/h5-11,14H,13H2,1-4H3;9-11,14H,5-8H2,1-4H3;/q-1;;/b;12-9-;.